The van der Waals surface area contributed by atoms with Crippen molar-refractivity contribution >= 4 is 16.9 Å². The van der Waals surface area contributed by atoms with Crippen LogP contribution in [0.5, 0.6) is 5.75 Å². The Kier molecular flexibility index (Phi) is 7.06. The monoisotopic (exact) mass is 394 g/mol. The first-order valence-corrected chi connectivity index (χ1v) is 9.98. The Morgan fingerprint density at radius 3 is 2.55 bits per heavy atom. The molecule has 0 fully saturated rings. The van der Waals surface area contributed by atoms with Gasteiger partial charge in [-0.2, -0.15) is 0 Å². The van der Waals surface area contributed by atoms with Gasteiger partial charge in [0.1, 0.15) is 11.3 Å². The van der Waals surface area contributed by atoms with Crippen LogP contribution in [-0.4, -0.2) is 19.7 Å². The highest BCUT2D eigenvalue weighted by molar-refractivity contribution is 5.94. The molecule has 0 spiro atoms. The van der Waals surface area contributed by atoms with Crippen LogP contribution in [0.1, 0.15) is 38.2 Å². The third kappa shape index (κ3) is 5.25. The summed E-state index contributed by atoms with van der Waals surface area (Å²) in [6.07, 6.45) is 5.30. The van der Waals surface area contributed by atoms with Gasteiger partial charge in [-0.15, -0.1) is 0 Å². The normalized spacial score (nSPS) is 10.8. The lowest BCUT2D eigenvalue weighted by molar-refractivity contribution is -0.142. The summed E-state index contributed by atoms with van der Waals surface area (Å²) >= 11 is 0. The third-order valence-corrected chi connectivity index (χ3v) is 4.88. The zero-order chi connectivity index (χ0) is 20.6. The highest BCUT2D eigenvalue weighted by atomic mass is 16.6. The lowest BCUT2D eigenvalue weighted by atomic mass is 9.98. The predicted octanol–water partition coefficient (Wildman–Crippen LogP) is 5.13. The van der Waals surface area contributed by atoms with E-state index in [1.165, 1.54) is 19.6 Å². The van der Waals surface area contributed by atoms with Crippen LogP contribution in [0.3, 0.4) is 0 Å². The van der Waals surface area contributed by atoms with Crippen molar-refractivity contribution in [3.63, 3.8) is 0 Å². The van der Waals surface area contributed by atoms with E-state index >= 15 is 0 Å². The zero-order valence-corrected chi connectivity index (χ0v) is 16.9. The van der Waals surface area contributed by atoms with E-state index in [1.54, 1.807) is 6.07 Å². The number of hydrogen-bond donors (Lipinski definition) is 0. The van der Waals surface area contributed by atoms with E-state index in [9.17, 15) is 9.59 Å². The van der Waals surface area contributed by atoms with Gasteiger partial charge >= 0.3 is 11.6 Å². The average Bonchev–Trinajstić information content (AvgIpc) is 2.75. The summed E-state index contributed by atoms with van der Waals surface area (Å²) in [5.74, 6) is 0.0919. The van der Waals surface area contributed by atoms with Gasteiger partial charge in [0.05, 0.1) is 7.11 Å². The number of aryl methyl sites for hydroxylation is 1. The fraction of sp³-hybridized carbons (Fsp3) is 0.333. The molecule has 0 bridgehead atoms. The minimum Gasteiger partial charge on any atom is -0.481 e. The van der Waals surface area contributed by atoms with E-state index in [0.717, 1.165) is 47.8 Å². The van der Waals surface area contributed by atoms with Gasteiger partial charge < -0.3 is 13.9 Å². The molecular formula is C24H26O5. The Morgan fingerprint density at radius 2 is 1.83 bits per heavy atom. The Labute approximate surface area is 170 Å². The van der Waals surface area contributed by atoms with Crippen LogP contribution in [-0.2, 0) is 16.0 Å². The minimum atomic E-state index is -0.457. The number of methoxy groups -OCH3 is 1. The molecule has 3 aromatic rings. The molecule has 5 nitrogen and oxygen atoms in total. The van der Waals surface area contributed by atoms with E-state index in [0.29, 0.717) is 11.3 Å². The molecule has 152 valence electrons. The number of esters is 1. The Balaban J connectivity index is 2.06. The van der Waals surface area contributed by atoms with E-state index in [4.69, 9.17) is 9.15 Å². The molecular weight excluding hydrogens is 368 g/mol. The molecule has 0 unspecified atom stereocenters. The second-order valence-electron chi connectivity index (χ2n) is 6.98. The van der Waals surface area contributed by atoms with Crippen LogP contribution in [0, 0.1) is 0 Å². The molecule has 1 heterocycles. The number of benzene rings is 2. The number of carbonyl (C=O) groups is 1. The molecule has 0 aliphatic carbocycles. The first-order valence-electron chi connectivity index (χ1n) is 9.98. The van der Waals surface area contributed by atoms with E-state index in [1.807, 2.05) is 36.4 Å². The van der Waals surface area contributed by atoms with Gasteiger partial charge in [0, 0.05) is 17.5 Å². The number of unbranched alkanes of at least 4 members (excludes halogenated alkanes) is 3. The molecule has 2 aromatic carbocycles. The molecule has 0 aliphatic heterocycles. The first-order chi connectivity index (χ1) is 14.1. The van der Waals surface area contributed by atoms with E-state index < -0.39 is 11.6 Å². The van der Waals surface area contributed by atoms with Crippen molar-refractivity contribution in [3.8, 4) is 16.9 Å². The summed E-state index contributed by atoms with van der Waals surface area (Å²) in [7, 11) is 1.32. The number of fused-ring (bicyclic) bond motifs is 1. The summed E-state index contributed by atoms with van der Waals surface area (Å²) in [5, 5.41) is 0.853. The molecule has 5 heteroatoms. The maximum Gasteiger partial charge on any atom is 0.343 e. The van der Waals surface area contributed by atoms with Crippen LogP contribution in [0.15, 0.2) is 57.7 Å². The molecule has 1 aromatic heterocycles. The molecule has 0 saturated heterocycles. The fourth-order valence-electron chi connectivity index (χ4n) is 3.36. The largest absolute Gasteiger partial charge is 0.481 e. The minimum absolute atomic E-state index is 0.188. The van der Waals surface area contributed by atoms with E-state index in [2.05, 4.69) is 11.7 Å². The lowest BCUT2D eigenvalue weighted by Crippen LogP contribution is -2.13. The van der Waals surface area contributed by atoms with E-state index in [-0.39, 0.29) is 6.61 Å². The van der Waals surface area contributed by atoms with Gasteiger partial charge in [0.15, 0.2) is 6.61 Å². The van der Waals surface area contributed by atoms with Crippen molar-refractivity contribution in [3.05, 3.63) is 64.5 Å². The molecule has 0 saturated carbocycles. The number of hydrogen-bond acceptors (Lipinski definition) is 5. The van der Waals surface area contributed by atoms with Crippen LogP contribution in [0.4, 0.5) is 0 Å². The van der Waals surface area contributed by atoms with Crippen LogP contribution < -0.4 is 10.4 Å². The second-order valence-corrected chi connectivity index (χ2v) is 6.98. The fourth-order valence-corrected chi connectivity index (χ4v) is 3.36. The molecule has 0 atom stereocenters. The zero-order valence-electron chi connectivity index (χ0n) is 16.9. The standard InChI is InChI=1S/C24H26O5/c1-3-4-5-7-12-18-13-20-19(17-10-8-6-9-11-17)14-23(25)29-22(20)15-21(18)28-16-24(26)27-2/h6,8-11,13-15H,3-5,7,12,16H2,1-2H3. The Morgan fingerprint density at radius 1 is 1.03 bits per heavy atom. The van der Waals surface area contributed by atoms with Crippen molar-refractivity contribution in [1.82, 2.24) is 0 Å². The average molecular weight is 394 g/mol. The predicted molar refractivity (Wildman–Crippen MR) is 113 cm³/mol. The number of ether oxygens (including phenoxy) is 2. The summed E-state index contributed by atoms with van der Waals surface area (Å²) < 4.78 is 15.8. The second kappa shape index (κ2) is 9.92. The summed E-state index contributed by atoms with van der Waals surface area (Å²) in [6, 6.07) is 15.0. The maximum absolute atomic E-state index is 12.1. The third-order valence-electron chi connectivity index (χ3n) is 4.88. The quantitative estimate of drug-likeness (QED) is 0.286. The van der Waals surface area contributed by atoms with Gasteiger partial charge in [-0.05, 0) is 35.6 Å². The highest BCUT2D eigenvalue weighted by Gasteiger charge is 2.14. The first kappa shape index (κ1) is 20.6. The van der Waals surface area contributed by atoms with Crippen molar-refractivity contribution in [2.75, 3.05) is 13.7 Å². The SMILES string of the molecule is CCCCCCc1cc2c(-c3ccccc3)cc(=O)oc2cc1OCC(=O)OC. The topological polar surface area (TPSA) is 65.7 Å². The van der Waals surface area contributed by atoms with Crippen molar-refractivity contribution in [2.24, 2.45) is 0 Å². The molecule has 0 radical (unpaired) electrons. The smallest absolute Gasteiger partial charge is 0.343 e. The van der Waals surface area contributed by atoms with Crippen molar-refractivity contribution in [1.29, 1.82) is 0 Å². The van der Waals surface area contributed by atoms with Crippen LogP contribution in [0.2, 0.25) is 0 Å². The molecule has 0 amide bonds. The number of rotatable bonds is 9. The van der Waals surface area contributed by atoms with Gasteiger partial charge in [0.25, 0.3) is 0 Å². The number of carbonyl (C=O) groups excluding carboxylic acids is 1. The summed E-state index contributed by atoms with van der Waals surface area (Å²) in [5.41, 5.74) is 2.78. The van der Waals surface area contributed by atoms with Gasteiger partial charge in [0.2, 0.25) is 0 Å². The van der Waals surface area contributed by atoms with Gasteiger partial charge in [-0.3, -0.25) is 0 Å². The van der Waals surface area contributed by atoms with Crippen LogP contribution >= 0.6 is 0 Å². The maximum atomic E-state index is 12.1. The Hall–Kier alpha value is -3.08. The summed E-state index contributed by atoms with van der Waals surface area (Å²) in [6.45, 7) is 1.99. The summed E-state index contributed by atoms with van der Waals surface area (Å²) in [4.78, 5) is 23.7. The highest BCUT2D eigenvalue weighted by Crippen LogP contribution is 2.33. The molecule has 3 rings (SSSR count). The molecule has 0 aliphatic rings. The molecule has 29 heavy (non-hydrogen) atoms. The van der Waals surface area contributed by atoms with Crippen molar-refractivity contribution < 1.29 is 18.7 Å². The lowest BCUT2D eigenvalue weighted by Gasteiger charge is -2.14. The molecule has 0 N–H and O–H groups in total. The van der Waals surface area contributed by atoms with Crippen molar-refractivity contribution in [2.45, 2.75) is 39.0 Å². The van der Waals surface area contributed by atoms with Gasteiger partial charge in [-0.25, -0.2) is 9.59 Å². The van der Waals surface area contributed by atoms with Crippen LogP contribution in [0.25, 0.3) is 22.1 Å². The van der Waals surface area contributed by atoms with Gasteiger partial charge in [-0.1, -0.05) is 56.5 Å². The Bertz CT molecular complexity index is 1020.